The largest absolute Gasteiger partial charge is 0.465 e. The summed E-state index contributed by atoms with van der Waals surface area (Å²) in [4.78, 5) is 19.6. The van der Waals surface area contributed by atoms with E-state index in [-0.39, 0.29) is 11.7 Å². The zero-order valence-corrected chi connectivity index (χ0v) is 14.4. The minimum Gasteiger partial charge on any atom is -0.465 e. The number of likely N-dealkylation sites (tertiary alicyclic amines) is 1. The van der Waals surface area contributed by atoms with Crippen LogP contribution in [-0.2, 0) is 11.3 Å². The summed E-state index contributed by atoms with van der Waals surface area (Å²) in [6.45, 7) is 2.97. The SMILES string of the molecule is CCc1nn(N2C=C(C3CCN(C(=O)O)CC3)ON2)c2cc(F)ccc12. The number of aryl methyl sites for hydroxylation is 1. The predicted molar refractivity (Wildman–Crippen MR) is 91.9 cm³/mol. The number of aromatic nitrogens is 2. The number of fused-ring (bicyclic) bond motifs is 1. The van der Waals surface area contributed by atoms with Crippen molar-refractivity contribution < 1.29 is 19.1 Å². The number of hydrogen-bond acceptors (Lipinski definition) is 5. The van der Waals surface area contributed by atoms with Crippen molar-refractivity contribution >= 4 is 17.0 Å². The maximum absolute atomic E-state index is 13.7. The number of halogens is 1. The molecule has 2 N–H and O–H groups in total. The van der Waals surface area contributed by atoms with Gasteiger partial charge < -0.3 is 14.8 Å². The number of hydrogen-bond donors (Lipinski definition) is 2. The van der Waals surface area contributed by atoms with Crippen LogP contribution in [0, 0.1) is 11.7 Å². The molecule has 2 aliphatic rings. The van der Waals surface area contributed by atoms with Gasteiger partial charge in [0.05, 0.1) is 17.4 Å². The maximum Gasteiger partial charge on any atom is 0.407 e. The highest BCUT2D eigenvalue weighted by Crippen LogP contribution is 2.28. The number of hydrazine groups is 1. The third-order valence-corrected chi connectivity index (χ3v) is 4.91. The molecule has 0 spiro atoms. The monoisotopic (exact) mass is 361 g/mol. The summed E-state index contributed by atoms with van der Waals surface area (Å²) >= 11 is 0. The normalized spacial score (nSPS) is 18.3. The van der Waals surface area contributed by atoms with Crippen molar-refractivity contribution in [3.63, 3.8) is 0 Å². The average Bonchev–Trinajstić information content (AvgIpc) is 3.26. The van der Waals surface area contributed by atoms with Crippen LogP contribution in [-0.4, -0.2) is 39.1 Å². The fraction of sp³-hybridized carbons (Fsp3) is 0.412. The van der Waals surface area contributed by atoms with E-state index in [9.17, 15) is 9.18 Å². The number of allylic oxidation sites excluding steroid dienone is 1. The molecular formula is C17H20FN5O3. The van der Waals surface area contributed by atoms with Crippen molar-refractivity contribution in [2.75, 3.05) is 18.2 Å². The second kappa shape index (κ2) is 6.49. The number of carbonyl (C=O) groups is 1. The molecular weight excluding hydrogens is 341 g/mol. The van der Waals surface area contributed by atoms with Gasteiger partial charge in [0.2, 0.25) is 0 Å². The van der Waals surface area contributed by atoms with E-state index in [1.165, 1.54) is 17.0 Å². The molecule has 2 aromatic rings. The molecule has 1 aromatic heterocycles. The molecule has 0 unspecified atom stereocenters. The first kappa shape index (κ1) is 16.6. The number of piperidine rings is 1. The Morgan fingerprint density at radius 3 is 2.88 bits per heavy atom. The van der Waals surface area contributed by atoms with Crippen LogP contribution >= 0.6 is 0 Å². The lowest BCUT2D eigenvalue weighted by molar-refractivity contribution is 0.0722. The van der Waals surface area contributed by atoms with E-state index in [2.05, 4.69) is 10.7 Å². The molecule has 26 heavy (non-hydrogen) atoms. The zero-order chi connectivity index (χ0) is 18.3. The number of amides is 1. The Morgan fingerprint density at radius 2 is 2.19 bits per heavy atom. The van der Waals surface area contributed by atoms with E-state index >= 15 is 0 Å². The summed E-state index contributed by atoms with van der Waals surface area (Å²) in [5.74, 6) is 0.534. The van der Waals surface area contributed by atoms with Gasteiger partial charge in [0.1, 0.15) is 11.6 Å². The Labute approximate surface area is 149 Å². The summed E-state index contributed by atoms with van der Waals surface area (Å²) in [5.41, 5.74) is 4.31. The highest BCUT2D eigenvalue weighted by atomic mass is 19.1. The molecule has 0 atom stereocenters. The van der Waals surface area contributed by atoms with Crippen molar-refractivity contribution in [2.24, 2.45) is 5.92 Å². The minimum atomic E-state index is -0.887. The molecule has 1 aromatic carbocycles. The van der Waals surface area contributed by atoms with E-state index in [1.54, 1.807) is 22.2 Å². The van der Waals surface area contributed by atoms with Gasteiger partial charge in [0.25, 0.3) is 0 Å². The first-order chi connectivity index (χ1) is 12.6. The summed E-state index contributed by atoms with van der Waals surface area (Å²) < 4.78 is 13.7. The van der Waals surface area contributed by atoms with Gasteiger partial charge in [-0.15, -0.1) is 0 Å². The van der Waals surface area contributed by atoms with Crippen molar-refractivity contribution in [3.8, 4) is 0 Å². The first-order valence-electron chi connectivity index (χ1n) is 8.65. The Kier molecular flexibility index (Phi) is 4.15. The van der Waals surface area contributed by atoms with Crippen LogP contribution in [0.3, 0.4) is 0 Å². The molecule has 1 fully saturated rings. The van der Waals surface area contributed by atoms with E-state index in [0.717, 1.165) is 23.3 Å². The van der Waals surface area contributed by atoms with Gasteiger partial charge in [-0.2, -0.15) is 15.0 Å². The minimum absolute atomic E-state index is 0.132. The zero-order valence-electron chi connectivity index (χ0n) is 14.4. The van der Waals surface area contributed by atoms with Crippen LogP contribution in [0.5, 0.6) is 0 Å². The standard InChI is InChI=1S/C17H20FN5O3/c1-2-14-13-4-3-12(18)9-15(13)23(19-14)22-10-16(26-20-22)11-5-7-21(8-6-11)17(24)25/h3-4,9-11,20H,2,5-8H2,1H3,(H,24,25). The first-order valence-corrected chi connectivity index (χ1v) is 8.65. The molecule has 2 aliphatic heterocycles. The highest BCUT2D eigenvalue weighted by Gasteiger charge is 2.30. The molecule has 0 bridgehead atoms. The van der Waals surface area contributed by atoms with Crippen LogP contribution in [0.15, 0.2) is 30.2 Å². The molecule has 1 amide bonds. The molecule has 8 nitrogen and oxygen atoms in total. The summed E-state index contributed by atoms with van der Waals surface area (Å²) in [5, 5.41) is 16.1. The molecule has 0 radical (unpaired) electrons. The van der Waals surface area contributed by atoms with E-state index in [0.29, 0.717) is 31.4 Å². The van der Waals surface area contributed by atoms with E-state index < -0.39 is 6.09 Å². The van der Waals surface area contributed by atoms with Gasteiger partial charge in [-0.3, -0.25) is 0 Å². The van der Waals surface area contributed by atoms with Crippen LogP contribution in [0.25, 0.3) is 10.9 Å². The lowest BCUT2D eigenvalue weighted by Gasteiger charge is -2.29. The quantitative estimate of drug-likeness (QED) is 0.873. The smallest absolute Gasteiger partial charge is 0.407 e. The summed E-state index contributed by atoms with van der Waals surface area (Å²) in [7, 11) is 0. The van der Waals surface area contributed by atoms with Gasteiger partial charge in [-0.1, -0.05) is 6.92 Å². The Balaban J connectivity index is 1.58. The summed E-state index contributed by atoms with van der Waals surface area (Å²) in [6.07, 6.45) is 3.03. The summed E-state index contributed by atoms with van der Waals surface area (Å²) in [6, 6.07) is 4.61. The highest BCUT2D eigenvalue weighted by molar-refractivity contribution is 5.82. The maximum atomic E-state index is 13.7. The van der Waals surface area contributed by atoms with Crippen LogP contribution in [0.4, 0.5) is 9.18 Å². The van der Waals surface area contributed by atoms with Crippen molar-refractivity contribution in [1.29, 1.82) is 0 Å². The number of rotatable bonds is 3. The number of nitrogens with zero attached hydrogens (tertiary/aromatic N) is 4. The van der Waals surface area contributed by atoms with Gasteiger partial charge in [-0.05, 0) is 37.0 Å². The van der Waals surface area contributed by atoms with E-state index in [1.807, 2.05) is 6.92 Å². The lowest BCUT2D eigenvalue weighted by Crippen LogP contribution is -2.38. The topological polar surface area (TPSA) is 82.9 Å². The third kappa shape index (κ3) is 2.84. The van der Waals surface area contributed by atoms with Crippen LogP contribution in [0.2, 0.25) is 0 Å². The molecule has 1 saturated heterocycles. The van der Waals surface area contributed by atoms with Gasteiger partial charge in [0.15, 0.2) is 0 Å². The predicted octanol–water partition coefficient (Wildman–Crippen LogP) is 2.36. The molecule has 138 valence electrons. The Bertz CT molecular complexity index is 873. The van der Waals surface area contributed by atoms with Crippen LogP contribution in [0.1, 0.15) is 25.5 Å². The fourth-order valence-electron chi connectivity index (χ4n) is 3.47. The fourth-order valence-corrected chi connectivity index (χ4v) is 3.47. The van der Waals surface area contributed by atoms with Crippen molar-refractivity contribution in [1.82, 2.24) is 20.4 Å². The second-order valence-electron chi connectivity index (χ2n) is 6.46. The number of benzene rings is 1. The molecule has 3 heterocycles. The number of carboxylic acid groups (broad SMARTS) is 1. The van der Waals surface area contributed by atoms with Crippen molar-refractivity contribution in [3.05, 3.63) is 41.7 Å². The van der Waals surface area contributed by atoms with Crippen LogP contribution < -0.4 is 10.7 Å². The van der Waals surface area contributed by atoms with Gasteiger partial charge in [-0.25, -0.2) is 9.18 Å². The second-order valence-corrected chi connectivity index (χ2v) is 6.46. The van der Waals surface area contributed by atoms with E-state index in [4.69, 9.17) is 9.94 Å². The number of nitrogens with one attached hydrogen (secondary N) is 1. The van der Waals surface area contributed by atoms with Crippen molar-refractivity contribution in [2.45, 2.75) is 26.2 Å². The lowest BCUT2D eigenvalue weighted by atomic mass is 9.95. The molecule has 0 aliphatic carbocycles. The average molecular weight is 361 g/mol. The molecule has 9 heteroatoms. The van der Waals surface area contributed by atoms with Gasteiger partial charge >= 0.3 is 6.09 Å². The molecule has 0 saturated carbocycles. The Hall–Kier alpha value is -2.81. The Morgan fingerprint density at radius 1 is 1.42 bits per heavy atom. The van der Waals surface area contributed by atoms with Gasteiger partial charge in [0, 0.05) is 30.5 Å². The molecule has 4 rings (SSSR count). The third-order valence-electron chi connectivity index (χ3n) is 4.91.